The lowest BCUT2D eigenvalue weighted by molar-refractivity contribution is 0.0906. The van der Waals surface area contributed by atoms with Crippen molar-refractivity contribution in [1.29, 1.82) is 0 Å². The zero-order valence-corrected chi connectivity index (χ0v) is 23.3. The van der Waals surface area contributed by atoms with Gasteiger partial charge in [0.25, 0.3) is 5.56 Å². The molecule has 0 aliphatic carbocycles. The Morgan fingerprint density at radius 3 is 2.54 bits per heavy atom. The predicted octanol–water partition coefficient (Wildman–Crippen LogP) is 3.84. The molecule has 4 aromatic rings. The molecule has 9 nitrogen and oxygen atoms in total. The smallest absolute Gasteiger partial charge is 0.253 e. The normalized spacial score (nSPS) is 19.2. The van der Waals surface area contributed by atoms with Crippen LogP contribution < -0.4 is 10.5 Å². The number of tetrazole rings is 1. The van der Waals surface area contributed by atoms with Crippen LogP contribution in [0.4, 0.5) is 5.69 Å². The Morgan fingerprint density at radius 2 is 1.77 bits per heavy atom. The van der Waals surface area contributed by atoms with E-state index in [1.807, 2.05) is 11.6 Å². The summed E-state index contributed by atoms with van der Waals surface area (Å²) >= 11 is 0. The van der Waals surface area contributed by atoms with E-state index in [1.54, 1.807) is 0 Å². The van der Waals surface area contributed by atoms with Crippen molar-refractivity contribution in [3.8, 4) is 0 Å². The fourth-order valence-electron chi connectivity index (χ4n) is 6.09. The van der Waals surface area contributed by atoms with E-state index in [9.17, 15) is 4.79 Å². The van der Waals surface area contributed by atoms with Crippen molar-refractivity contribution in [3.63, 3.8) is 0 Å². The molecule has 204 valence electrons. The van der Waals surface area contributed by atoms with Gasteiger partial charge in [0, 0.05) is 49.4 Å². The van der Waals surface area contributed by atoms with Gasteiger partial charge in [0.05, 0.1) is 18.2 Å². The maximum Gasteiger partial charge on any atom is 0.253 e. The van der Waals surface area contributed by atoms with Crippen LogP contribution in [0.25, 0.3) is 10.9 Å². The summed E-state index contributed by atoms with van der Waals surface area (Å²) in [7, 11) is 0. The third-order valence-electron chi connectivity index (χ3n) is 8.36. The second-order valence-corrected chi connectivity index (χ2v) is 11.1. The highest BCUT2D eigenvalue weighted by atomic mass is 16.5. The molecular formula is C30H37N7O2. The molecule has 0 radical (unpaired) electrons. The van der Waals surface area contributed by atoms with Crippen LogP contribution in [0.2, 0.25) is 0 Å². The van der Waals surface area contributed by atoms with E-state index in [-0.39, 0.29) is 17.7 Å². The topological polar surface area (TPSA) is 92.2 Å². The Balaban J connectivity index is 1.39. The number of hydrogen-bond donors (Lipinski definition) is 1. The van der Waals surface area contributed by atoms with Crippen LogP contribution in [-0.4, -0.2) is 69.0 Å². The molecule has 2 aliphatic rings. The molecule has 2 saturated heterocycles. The maximum atomic E-state index is 13.7. The molecule has 2 aromatic carbocycles. The monoisotopic (exact) mass is 527 g/mol. The minimum absolute atomic E-state index is 0.0915. The van der Waals surface area contributed by atoms with Crippen molar-refractivity contribution < 1.29 is 4.74 Å². The van der Waals surface area contributed by atoms with Crippen LogP contribution in [0.15, 0.2) is 41.2 Å². The average molecular weight is 528 g/mol. The molecule has 2 aliphatic heterocycles. The van der Waals surface area contributed by atoms with Crippen molar-refractivity contribution in [2.45, 2.75) is 59.2 Å². The second-order valence-electron chi connectivity index (χ2n) is 11.1. The molecule has 6 rings (SSSR count). The summed E-state index contributed by atoms with van der Waals surface area (Å²) in [6, 6.07) is 12.5. The molecule has 9 heteroatoms. The van der Waals surface area contributed by atoms with E-state index >= 15 is 0 Å². The third kappa shape index (κ3) is 4.96. The quantitative estimate of drug-likeness (QED) is 0.407. The van der Waals surface area contributed by atoms with Crippen molar-refractivity contribution in [3.05, 3.63) is 80.4 Å². The van der Waals surface area contributed by atoms with Gasteiger partial charge in [-0.2, -0.15) is 0 Å². The van der Waals surface area contributed by atoms with Crippen LogP contribution in [0.3, 0.4) is 0 Å². The molecule has 0 spiro atoms. The minimum atomic E-state index is -0.366. The van der Waals surface area contributed by atoms with Crippen LogP contribution >= 0.6 is 0 Å². The first kappa shape index (κ1) is 25.7. The summed E-state index contributed by atoms with van der Waals surface area (Å²) < 4.78 is 7.75. The highest BCUT2D eigenvalue weighted by Gasteiger charge is 2.34. The van der Waals surface area contributed by atoms with Crippen molar-refractivity contribution in [1.82, 2.24) is 30.1 Å². The molecule has 2 aromatic heterocycles. The van der Waals surface area contributed by atoms with Crippen LogP contribution in [0, 0.1) is 27.7 Å². The molecule has 2 atom stereocenters. The predicted molar refractivity (Wildman–Crippen MR) is 152 cm³/mol. The number of rotatable bonds is 6. The summed E-state index contributed by atoms with van der Waals surface area (Å²) in [6.45, 7) is 13.1. The van der Waals surface area contributed by atoms with Gasteiger partial charge in [0.15, 0.2) is 5.82 Å². The minimum Gasteiger partial charge on any atom is -0.376 e. The molecular weight excluding hydrogens is 490 g/mol. The zero-order valence-electron chi connectivity index (χ0n) is 23.3. The number of pyridine rings is 1. The first-order valence-corrected chi connectivity index (χ1v) is 14.0. The van der Waals surface area contributed by atoms with E-state index in [0.717, 1.165) is 67.7 Å². The number of aromatic nitrogens is 5. The van der Waals surface area contributed by atoms with Gasteiger partial charge in [-0.25, -0.2) is 4.68 Å². The fourth-order valence-corrected chi connectivity index (χ4v) is 6.09. The van der Waals surface area contributed by atoms with Gasteiger partial charge >= 0.3 is 0 Å². The van der Waals surface area contributed by atoms with E-state index in [4.69, 9.17) is 4.74 Å². The largest absolute Gasteiger partial charge is 0.376 e. The molecule has 0 saturated carbocycles. The number of piperazine rings is 1. The molecule has 39 heavy (non-hydrogen) atoms. The second kappa shape index (κ2) is 10.5. The number of aryl methyl sites for hydroxylation is 4. The number of nitrogens with zero attached hydrogens (tertiary/aromatic N) is 6. The number of benzene rings is 2. The third-order valence-corrected chi connectivity index (χ3v) is 8.36. The Hall–Kier alpha value is -3.56. The molecule has 0 amide bonds. The molecule has 4 heterocycles. The highest BCUT2D eigenvalue weighted by molar-refractivity contribution is 5.85. The number of aromatic amines is 1. The number of ether oxygens (including phenoxy) is 1. The van der Waals surface area contributed by atoms with Crippen LogP contribution in [-0.2, 0) is 11.3 Å². The van der Waals surface area contributed by atoms with Gasteiger partial charge in [0.2, 0.25) is 0 Å². The molecule has 1 N–H and O–H groups in total. The number of H-pyrrole nitrogens is 1. The van der Waals surface area contributed by atoms with Gasteiger partial charge < -0.3 is 14.6 Å². The number of hydrogen-bond acceptors (Lipinski definition) is 7. The van der Waals surface area contributed by atoms with E-state index < -0.39 is 0 Å². The zero-order chi connectivity index (χ0) is 27.1. The van der Waals surface area contributed by atoms with Gasteiger partial charge in [-0.15, -0.1) is 5.10 Å². The summed E-state index contributed by atoms with van der Waals surface area (Å²) in [5.41, 5.74) is 7.49. The Bertz CT molecular complexity index is 1540. The van der Waals surface area contributed by atoms with Gasteiger partial charge in [-0.05, 0) is 85.3 Å². The number of nitrogens with one attached hydrogen (secondary N) is 1. The van der Waals surface area contributed by atoms with Gasteiger partial charge in [0.1, 0.15) is 6.04 Å². The Morgan fingerprint density at radius 1 is 1.00 bits per heavy atom. The van der Waals surface area contributed by atoms with Gasteiger partial charge in [-0.3, -0.25) is 9.69 Å². The Kier molecular flexibility index (Phi) is 6.95. The van der Waals surface area contributed by atoms with Gasteiger partial charge in [-0.1, -0.05) is 24.3 Å². The van der Waals surface area contributed by atoms with E-state index in [2.05, 4.69) is 87.5 Å². The first-order chi connectivity index (χ1) is 18.9. The average Bonchev–Trinajstić information content (AvgIpc) is 3.62. The van der Waals surface area contributed by atoms with Crippen molar-refractivity contribution in [2.75, 3.05) is 37.7 Å². The van der Waals surface area contributed by atoms with E-state index in [1.165, 1.54) is 16.8 Å². The lowest BCUT2D eigenvalue weighted by atomic mass is 9.99. The number of anilines is 1. The summed E-state index contributed by atoms with van der Waals surface area (Å²) in [5, 5.41) is 14.0. The van der Waals surface area contributed by atoms with Crippen LogP contribution in [0.1, 0.15) is 52.5 Å². The molecule has 0 bridgehead atoms. The van der Waals surface area contributed by atoms with Crippen molar-refractivity contribution >= 4 is 16.6 Å². The highest BCUT2D eigenvalue weighted by Crippen LogP contribution is 2.31. The first-order valence-electron chi connectivity index (χ1n) is 14.0. The lowest BCUT2D eigenvalue weighted by Gasteiger charge is -2.40. The lowest BCUT2D eigenvalue weighted by Crippen LogP contribution is -2.49. The number of fused-ring (bicyclic) bond motifs is 1. The summed E-state index contributed by atoms with van der Waals surface area (Å²) in [4.78, 5) is 21.7. The molecule has 2 unspecified atom stereocenters. The standard InChI is InChI=1S/C30H37N7O2/c1-19-7-8-21(3)26(16-19)35-11-13-36(14-12-35)28(29-32-33-34-37(29)18-23-6-5-15-39-23)25-17-24-20(2)9-10-22(4)27(24)31-30(25)38/h7-10,16-17,23,28H,5-6,11-15,18H2,1-4H3,(H,31,38). The maximum absolute atomic E-state index is 13.7. The molecule has 2 fully saturated rings. The fraction of sp³-hybridized carbons (Fsp3) is 0.467. The summed E-state index contributed by atoms with van der Waals surface area (Å²) in [5.74, 6) is 0.695. The van der Waals surface area contributed by atoms with Crippen LogP contribution in [0.5, 0.6) is 0 Å². The van der Waals surface area contributed by atoms with Crippen molar-refractivity contribution in [2.24, 2.45) is 0 Å². The summed E-state index contributed by atoms with van der Waals surface area (Å²) in [6.07, 6.45) is 2.14. The SMILES string of the molecule is Cc1ccc(C)c(N2CCN(C(c3cc4c(C)ccc(C)c4[nH]c3=O)c3nnnn3CC3CCCO3)CC2)c1. The Labute approximate surface area is 228 Å². The van der Waals surface area contributed by atoms with E-state index in [0.29, 0.717) is 17.9 Å².